The predicted octanol–water partition coefficient (Wildman–Crippen LogP) is 1.96. The molecule has 0 spiro atoms. The molecule has 0 bridgehead atoms. The number of benzene rings is 1. The van der Waals surface area contributed by atoms with Crippen molar-refractivity contribution in [3.8, 4) is 0 Å². The van der Waals surface area contributed by atoms with Crippen LogP contribution in [0.25, 0.3) is 4.98 Å². The Morgan fingerprint density at radius 3 is 2.50 bits per heavy atom. The number of hydrogen-bond donors (Lipinski definition) is 1. The molecule has 0 amide bonds. The minimum absolute atomic E-state index is 0.256. The third-order valence-electron chi connectivity index (χ3n) is 2.02. The maximum absolute atomic E-state index is 8.96. The van der Waals surface area contributed by atoms with E-state index in [1.165, 1.54) is 6.08 Å². The third-order valence-corrected chi connectivity index (χ3v) is 2.02. The van der Waals surface area contributed by atoms with E-state index in [1.54, 1.807) is 12.1 Å². The normalized spacial score (nSPS) is 24.4. The molecule has 0 aromatic heterocycles. The summed E-state index contributed by atoms with van der Waals surface area (Å²) in [6.07, 6.45) is 1.50. The molecule has 14 heavy (non-hydrogen) atoms. The summed E-state index contributed by atoms with van der Waals surface area (Å²) in [6.45, 7) is 0. The van der Waals surface area contributed by atoms with Gasteiger partial charge in [-0.05, 0) is 12.1 Å². The minimum atomic E-state index is -1.15. The van der Waals surface area contributed by atoms with Gasteiger partial charge in [0.25, 0.3) is 0 Å². The predicted molar refractivity (Wildman–Crippen MR) is 50.3 cm³/mol. The number of nitrogens with zero attached hydrogens (tertiary/aromatic N) is 4. The number of rotatable bonds is 1. The zero-order valence-electron chi connectivity index (χ0n) is 7.33. The van der Waals surface area contributed by atoms with Crippen molar-refractivity contribution in [3.63, 3.8) is 0 Å². The number of nitrogens with two attached hydrogens (primary N) is 1. The molecule has 0 saturated carbocycles. The molecule has 0 fully saturated rings. The highest BCUT2D eigenvalue weighted by Crippen LogP contribution is 2.34. The van der Waals surface area contributed by atoms with Crippen LogP contribution in [-0.4, -0.2) is 0 Å². The van der Waals surface area contributed by atoms with Crippen LogP contribution in [0.3, 0.4) is 0 Å². The molecule has 1 unspecified atom stereocenters. The first-order valence-electron chi connectivity index (χ1n) is 4.10. The summed E-state index contributed by atoms with van der Waals surface area (Å²) < 4.78 is 0. The Bertz CT molecular complexity index is 442. The first-order chi connectivity index (χ1) is 6.77. The van der Waals surface area contributed by atoms with Crippen molar-refractivity contribution in [2.24, 2.45) is 16.0 Å². The molecule has 1 aromatic rings. The van der Waals surface area contributed by atoms with E-state index >= 15 is 0 Å². The fourth-order valence-electron chi connectivity index (χ4n) is 1.33. The van der Waals surface area contributed by atoms with Gasteiger partial charge in [0.05, 0.1) is 11.6 Å². The summed E-state index contributed by atoms with van der Waals surface area (Å²) in [5, 5.41) is 16.4. The highest BCUT2D eigenvalue weighted by atomic mass is 15.3. The van der Waals surface area contributed by atoms with Gasteiger partial charge in [0.15, 0.2) is 10.8 Å². The first-order valence-corrected chi connectivity index (χ1v) is 4.10. The molecule has 1 aliphatic heterocycles. The van der Waals surface area contributed by atoms with Crippen LogP contribution < -0.4 is 5.73 Å². The van der Waals surface area contributed by atoms with Crippen LogP contribution in [0, 0.1) is 5.39 Å². The van der Waals surface area contributed by atoms with E-state index in [9.17, 15) is 0 Å². The standard InChI is InChI=1S/C9H8N5/c10-8-6-9(13-11,14-12-8)7-4-2-1-3-5-7/h1-6H,10H2/q+1. The highest BCUT2D eigenvalue weighted by Gasteiger charge is 2.48. The van der Waals surface area contributed by atoms with E-state index in [2.05, 4.69) is 15.2 Å². The lowest BCUT2D eigenvalue weighted by Crippen LogP contribution is -2.13. The monoisotopic (exact) mass is 186 g/mol. The molecule has 0 aliphatic carbocycles. The topological polar surface area (TPSA) is 78.9 Å². The molecule has 68 valence electrons. The Morgan fingerprint density at radius 2 is 2.00 bits per heavy atom. The Balaban J connectivity index is 2.53. The quantitative estimate of drug-likeness (QED) is 0.680. The van der Waals surface area contributed by atoms with E-state index < -0.39 is 5.66 Å². The van der Waals surface area contributed by atoms with Gasteiger partial charge in [0.1, 0.15) is 0 Å². The number of azo groups is 1. The maximum Gasteiger partial charge on any atom is 0.480 e. The van der Waals surface area contributed by atoms with E-state index in [4.69, 9.17) is 11.1 Å². The lowest BCUT2D eigenvalue weighted by molar-refractivity contribution is 0.678. The fraction of sp³-hybridized carbons (Fsp3) is 0.111. The molecule has 1 aliphatic rings. The van der Waals surface area contributed by atoms with Crippen LogP contribution in [-0.2, 0) is 5.66 Å². The molecule has 5 heteroatoms. The van der Waals surface area contributed by atoms with Gasteiger partial charge in [-0.15, -0.1) is 5.11 Å². The van der Waals surface area contributed by atoms with Crippen LogP contribution in [0.4, 0.5) is 0 Å². The number of diazo groups is 1. The van der Waals surface area contributed by atoms with Crippen LogP contribution in [0.15, 0.2) is 52.5 Å². The van der Waals surface area contributed by atoms with Crippen LogP contribution in [0.5, 0.6) is 0 Å². The Kier molecular flexibility index (Phi) is 1.75. The summed E-state index contributed by atoms with van der Waals surface area (Å²) in [4.78, 5) is 3.22. The van der Waals surface area contributed by atoms with Gasteiger partial charge in [-0.3, -0.25) is 0 Å². The molecular weight excluding hydrogens is 178 g/mol. The SMILES string of the molecule is N#[N+]C1(c2ccccc2)C=C(N)N=N1. The maximum atomic E-state index is 8.96. The number of hydrogen-bond acceptors (Lipinski definition) is 4. The smallest absolute Gasteiger partial charge is 0.382 e. The lowest BCUT2D eigenvalue weighted by atomic mass is 10.0. The molecule has 2 N–H and O–H groups in total. The largest absolute Gasteiger partial charge is 0.480 e. The Labute approximate surface area is 80.6 Å². The third kappa shape index (κ3) is 1.13. The van der Waals surface area contributed by atoms with Gasteiger partial charge >= 0.3 is 5.66 Å². The van der Waals surface area contributed by atoms with Crippen LogP contribution in [0.1, 0.15) is 5.56 Å². The molecule has 2 rings (SSSR count). The fourth-order valence-corrected chi connectivity index (χ4v) is 1.33. The summed E-state index contributed by atoms with van der Waals surface area (Å²) >= 11 is 0. The molecule has 0 saturated heterocycles. The summed E-state index contributed by atoms with van der Waals surface area (Å²) in [5.41, 5.74) is 5.03. The van der Waals surface area contributed by atoms with Crippen molar-refractivity contribution in [3.05, 3.63) is 52.8 Å². The van der Waals surface area contributed by atoms with Gasteiger partial charge in [0.2, 0.25) is 5.39 Å². The van der Waals surface area contributed by atoms with Crippen molar-refractivity contribution >= 4 is 0 Å². The highest BCUT2D eigenvalue weighted by molar-refractivity contribution is 5.35. The molecule has 1 atom stereocenters. The second-order valence-corrected chi connectivity index (χ2v) is 2.96. The molecule has 5 nitrogen and oxygen atoms in total. The van der Waals surface area contributed by atoms with Crippen molar-refractivity contribution in [2.75, 3.05) is 0 Å². The second-order valence-electron chi connectivity index (χ2n) is 2.96. The van der Waals surface area contributed by atoms with Gasteiger partial charge in [-0.1, -0.05) is 23.3 Å². The zero-order valence-corrected chi connectivity index (χ0v) is 7.33. The molecule has 0 radical (unpaired) electrons. The minimum Gasteiger partial charge on any atom is -0.382 e. The van der Waals surface area contributed by atoms with Gasteiger partial charge < -0.3 is 5.73 Å². The Morgan fingerprint density at radius 1 is 1.29 bits per heavy atom. The van der Waals surface area contributed by atoms with Gasteiger partial charge in [-0.25, -0.2) is 0 Å². The van der Waals surface area contributed by atoms with Crippen LogP contribution >= 0.6 is 0 Å². The summed E-state index contributed by atoms with van der Waals surface area (Å²) in [5.74, 6) is 0.256. The summed E-state index contributed by atoms with van der Waals surface area (Å²) in [7, 11) is 0. The van der Waals surface area contributed by atoms with Crippen LogP contribution in [0.2, 0.25) is 0 Å². The first kappa shape index (κ1) is 8.38. The zero-order chi connectivity index (χ0) is 10.0. The summed E-state index contributed by atoms with van der Waals surface area (Å²) in [6, 6.07) is 9.13. The average molecular weight is 186 g/mol. The molecule has 1 aromatic carbocycles. The van der Waals surface area contributed by atoms with Crippen molar-refractivity contribution < 1.29 is 0 Å². The molecular formula is C9H8N5+. The van der Waals surface area contributed by atoms with E-state index in [0.717, 1.165) is 5.56 Å². The van der Waals surface area contributed by atoms with E-state index in [-0.39, 0.29) is 5.82 Å². The Hall–Kier alpha value is -2.22. The second kappa shape index (κ2) is 2.92. The average Bonchev–Trinajstić information content (AvgIpc) is 2.63. The van der Waals surface area contributed by atoms with E-state index in [0.29, 0.717) is 0 Å². The van der Waals surface area contributed by atoms with Crippen molar-refractivity contribution in [1.82, 2.24) is 0 Å². The van der Waals surface area contributed by atoms with E-state index in [1.807, 2.05) is 18.2 Å². The van der Waals surface area contributed by atoms with Crippen molar-refractivity contribution in [1.29, 1.82) is 5.39 Å². The lowest BCUT2D eigenvalue weighted by Gasteiger charge is -2.00. The van der Waals surface area contributed by atoms with Gasteiger partial charge in [0, 0.05) is 0 Å². The molecule has 1 heterocycles. The van der Waals surface area contributed by atoms with Gasteiger partial charge in [-0.2, -0.15) is 0 Å². The van der Waals surface area contributed by atoms with Crippen molar-refractivity contribution in [2.45, 2.75) is 5.66 Å².